The van der Waals surface area contributed by atoms with Crippen molar-refractivity contribution in [2.45, 2.75) is 53.1 Å². The number of hydrogen-bond donors (Lipinski definition) is 1. The monoisotopic (exact) mass is 400 g/mol. The summed E-state index contributed by atoms with van der Waals surface area (Å²) in [4.78, 5) is 22.0. The maximum absolute atomic E-state index is 12.7. The van der Waals surface area contributed by atoms with Crippen LogP contribution in [0.2, 0.25) is 0 Å². The predicted octanol–water partition coefficient (Wildman–Crippen LogP) is 4.54. The van der Waals surface area contributed by atoms with Gasteiger partial charge in [-0.15, -0.1) is 11.3 Å². The molecular weight excluding hydrogens is 368 g/mol. The summed E-state index contributed by atoms with van der Waals surface area (Å²) in [6.07, 6.45) is 1.81. The van der Waals surface area contributed by atoms with Gasteiger partial charge in [-0.25, -0.2) is 4.98 Å². The third-order valence-corrected chi connectivity index (χ3v) is 6.26. The van der Waals surface area contributed by atoms with Gasteiger partial charge in [0.2, 0.25) is 5.91 Å². The third kappa shape index (κ3) is 5.32. The third-order valence-electron chi connectivity index (χ3n) is 5.44. The SMILES string of the molecule is CCN(c1ccc(NC(=O)C2CCN(Cc3csc(C)n3)CC2)cc1)C(C)C. The number of likely N-dealkylation sites (tertiary alicyclic amines) is 1. The molecule has 1 aliphatic heterocycles. The van der Waals surface area contributed by atoms with Crippen molar-refractivity contribution in [3.05, 3.63) is 40.3 Å². The van der Waals surface area contributed by atoms with Gasteiger partial charge in [0.1, 0.15) is 0 Å². The molecule has 0 bridgehead atoms. The number of aromatic nitrogens is 1. The fraction of sp³-hybridized carbons (Fsp3) is 0.545. The Balaban J connectivity index is 1.49. The van der Waals surface area contributed by atoms with Crippen molar-refractivity contribution in [2.24, 2.45) is 5.92 Å². The van der Waals surface area contributed by atoms with Gasteiger partial charge < -0.3 is 10.2 Å². The first kappa shape index (κ1) is 20.8. The van der Waals surface area contributed by atoms with Gasteiger partial charge in [0.15, 0.2) is 0 Å². The molecule has 1 saturated heterocycles. The zero-order chi connectivity index (χ0) is 20.1. The minimum Gasteiger partial charge on any atom is -0.369 e. The number of anilines is 2. The van der Waals surface area contributed by atoms with E-state index in [-0.39, 0.29) is 11.8 Å². The van der Waals surface area contributed by atoms with Gasteiger partial charge in [-0.1, -0.05) is 0 Å². The van der Waals surface area contributed by atoms with Crippen molar-refractivity contribution in [1.82, 2.24) is 9.88 Å². The first-order valence-corrected chi connectivity index (χ1v) is 11.1. The molecule has 2 heterocycles. The fourth-order valence-corrected chi connectivity index (χ4v) is 4.49. The topological polar surface area (TPSA) is 48.5 Å². The molecule has 0 radical (unpaired) electrons. The van der Waals surface area contributed by atoms with E-state index in [1.165, 1.54) is 5.69 Å². The van der Waals surface area contributed by atoms with Crippen molar-refractivity contribution in [3.63, 3.8) is 0 Å². The summed E-state index contributed by atoms with van der Waals surface area (Å²) in [5.74, 6) is 0.240. The number of amides is 1. The van der Waals surface area contributed by atoms with E-state index in [4.69, 9.17) is 0 Å². The van der Waals surface area contributed by atoms with Crippen molar-refractivity contribution >= 4 is 28.6 Å². The van der Waals surface area contributed by atoms with Gasteiger partial charge in [0, 0.05) is 41.8 Å². The lowest BCUT2D eigenvalue weighted by molar-refractivity contribution is -0.121. The second kappa shape index (κ2) is 9.52. The Morgan fingerprint density at radius 1 is 1.29 bits per heavy atom. The van der Waals surface area contributed by atoms with Crippen LogP contribution in [0.3, 0.4) is 0 Å². The number of nitrogens with zero attached hydrogens (tertiary/aromatic N) is 3. The molecule has 0 aliphatic carbocycles. The van der Waals surface area contributed by atoms with E-state index in [1.54, 1.807) is 11.3 Å². The highest BCUT2D eigenvalue weighted by Gasteiger charge is 2.25. The molecule has 2 aromatic rings. The number of piperidine rings is 1. The van der Waals surface area contributed by atoms with Crippen LogP contribution in [-0.2, 0) is 11.3 Å². The van der Waals surface area contributed by atoms with E-state index in [2.05, 4.69) is 58.4 Å². The molecule has 5 nitrogen and oxygen atoms in total. The normalized spacial score (nSPS) is 15.8. The fourth-order valence-electron chi connectivity index (χ4n) is 3.89. The minimum atomic E-state index is 0.0934. The first-order chi connectivity index (χ1) is 13.5. The number of carbonyl (C=O) groups excluding carboxylic acids is 1. The molecule has 1 aromatic heterocycles. The highest BCUT2D eigenvalue weighted by molar-refractivity contribution is 7.09. The van der Waals surface area contributed by atoms with Crippen LogP contribution in [0.15, 0.2) is 29.6 Å². The number of hydrogen-bond acceptors (Lipinski definition) is 5. The van der Waals surface area contributed by atoms with Gasteiger partial charge in [0.25, 0.3) is 0 Å². The van der Waals surface area contributed by atoms with E-state index >= 15 is 0 Å². The number of rotatable bonds is 7. The summed E-state index contributed by atoms with van der Waals surface area (Å²) in [6.45, 7) is 12.4. The Labute approximate surface area is 172 Å². The lowest BCUT2D eigenvalue weighted by Crippen LogP contribution is -2.37. The Bertz CT molecular complexity index is 763. The maximum Gasteiger partial charge on any atom is 0.227 e. The molecule has 1 aliphatic rings. The first-order valence-electron chi connectivity index (χ1n) is 10.3. The van der Waals surface area contributed by atoms with Crippen LogP contribution in [-0.4, -0.2) is 41.5 Å². The van der Waals surface area contributed by atoms with E-state index in [9.17, 15) is 4.79 Å². The van der Waals surface area contributed by atoms with E-state index in [1.807, 2.05) is 19.1 Å². The molecule has 28 heavy (non-hydrogen) atoms. The van der Waals surface area contributed by atoms with Crippen LogP contribution >= 0.6 is 11.3 Å². The maximum atomic E-state index is 12.7. The minimum absolute atomic E-state index is 0.0934. The lowest BCUT2D eigenvalue weighted by atomic mass is 9.95. The second-order valence-corrected chi connectivity index (χ2v) is 8.89. The molecule has 152 valence electrons. The summed E-state index contributed by atoms with van der Waals surface area (Å²) < 4.78 is 0. The number of thiazole rings is 1. The Kier molecular flexibility index (Phi) is 7.08. The smallest absolute Gasteiger partial charge is 0.227 e. The zero-order valence-corrected chi connectivity index (χ0v) is 18.3. The van der Waals surface area contributed by atoms with Gasteiger partial charge in [-0.05, 0) is 77.9 Å². The largest absolute Gasteiger partial charge is 0.369 e. The van der Waals surface area contributed by atoms with Crippen LogP contribution in [0.4, 0.5) is 11.4 Å². The van der Waals surface area contributed by atoms with Crippen molar-refractivity contribution < 1.29 is 4.79 Å². The van der Waals surface area contributed by atoms with Crippen LogP contribution in [0.1, 0.15) is 44.3 Å². The van der Waals surface area contributed by atoms with Crippen molar-refractivity contribution in [2.75, 3.05) is 29.9 Å². The molecule has 1 amide bonds. The van der Waals surface area contributed by atoms with Crippen LogP contribution in [0, 0.1) is 12.8 Å². The Morgan fingerprint density at radius 3 is 2.50 bits per heavy atom. The number of benzene rings is 1. The second-order valence-electron chi connectivity index (χ2n) is 7.82. The summed E-state index contributed by atoms with van der Waals surface area (Å²) in [5, 5.41) is 6.36. The van der Waals surface area contributed by atoms with Crippen LogP contribution in [0.25, 0.3) is 0 Å². The predicted molar refractivity (Wildman–Crippen MR) is 118 cm³/mol. The quantitative estimate of drug-likeness (QED) is 0.741. The summed E-state index contributed by atoms with van der Waals surface area (Å²) in [5.41, 5.74) is 3.23. The van der Waals surface area contributed by atoms with Crippen molar-refractivity contribution in [3.8, 4) is 0 Å². The molecule has 0 atom stereocenters. The molecule has 3 rings (SSSR count). The average molecular weight is 401 g/mol. The summed E-state index contributed by atoms with van der Waals surface area (Å²) >= 11 is 1.70. The Hall–Kier alpha value is -1.92. The molecule has 1 N–H and O–H groups in total. The number of carbonyl (C=O) groups is 1. The molecule has 6 heteroatoms. The molecule has 0 saturated carbocycles. The Morgan fingerprint density at radius 2 is 1.96 bits per heavy atom. The lowest BCUT2D eigenvalue weighted by Gasteiger charge is -2.31. The van der Waals surface area contributed by atoms with Crippen molar-refractivity contribution in [1.29, 1.82) is 0 Å². The van der Waals surface area contributed by atoms with Crippen LogP contribution < -0.4 is 10.2 Å². The van der Waals surface area contributed by atoms with Crippen LogP contribution in [0.5, 0.6) is 0 Å². The number of nitrogens with one attached hydrogen (secondary N) is 1. The highest BCUT2D eigenvalue weighted by Crippen LogP contribution is 2.23. The summed E-state index contributed by atoms with van der Waals surface area (Å²) in [6, 6.07) is 8.68. The summed E-state index contributed by atoms with van der Waals surface area (Å²) in [7, 11) is 0. The molecule has 1 fully saturated rings. The van der Waals surface area contributed by atoms with Gasteiger partial charge in [0.05, 0.1) is 10.7 Å². The van der Waals surface area contributed by atoms with Gasteiger partial charge >= 0.3 is 0 Å². The molecule has 1 aromatic carbocycles. The average Bonchev–Trinajstić information content (AvgIpc) is 3.08. The van der Waals surface area contributed by atoms with E-state index < -0.39 is 0 Å². The molecular formula is C22H32N4OS. The zero-order valence-electron chi connectivity index (χ0n) is 17.4. The van der Waals surface area contributed by atoms with E-state index in [0.717, 1.165) is 55.4 Å². The van der Waals surface area contributed by atoms with Gasteiger partial charge in [-0.2, -0.15) is 0 Å². The molecule has 0 unspecified atom stereocenters. The van der Waals surface area contributed by atoms with E-state index in [0.29, 0.717) is 6.04 Å². The number of aryl methyl sites for hydroxylation is 1. The highest BCUT2D eigenvalue weighted by atomic mass is 32.1. The standard InChI is InChI=1S/C22H32N4OS/c1-5-26(16(2)3)21-8-6-19(7-9-21)24-22(27)18-10-12-25(13-11-18)14-20-15-28-17(4)23-20/h6-9,15-16,18H,5,10-14H2,1-4H3,(H,24,27). The van der Waals surface area contributed by atoms with Gasteiger partial charge in [-0.3, -0.25) is 9.69 Å². The molecule has 0 spiro atoms.